The first kappa shape index (κ1) is 18.7. The van der Waals surface area contributed by atoms with Gasteiger partial charge in [0.05, 0.1) is 17.0 Å². The van der Waals surface area contributed by atoms with Crippen molar-refractivity contribution in [3.63, 3.8) is 0 Å². The summed E-state index contributed by atoms with van der Waals surface area (Å²) in [7, 11) is 0. The number of hydrogen-bond acceptors (Lipinski definition) is 4. The van der Waals surface area contributed by atoms with Crippen molar-refractivity contribution in [3.05, 3.63) is 83.4 Å². The molecule has 1 heterocycles. The summed E-state index contributed by atoms with van der Waals surface area (Å²) in [6, 6.07) is 23.6. The minimum Gasteiger partial charge on any atom is -0.351 e. The Kier molecular flexibility index (Phi) is 6.24. The highest BCUT2D eigenvalue weighted by Gasteiger charge is 2.10. The zero-order valence-electron chi connectivity index (χ0n) is 15.0. The van der Waals surface area contributed by atoms with E-state index < -0.39 is 0 Å². The molecule has 0 atom stereocenters. The second-order valence-corrected chi connectivity index (χ2v) is 7.04. The molecule has 2 aromatic carbocycles. The van der Waals surface area contributed by atoms with Gasteiger partial charge in [0.2, 0.25) is 5.91 Å². The van der Waals surface area contributed by atoms with Crippen LogP contribution in [0.25, 0.3) is 11.3 Å². The van der Waals surface area contributed by atoms with E-state index in [1.807, 2.05) is 67.6 Å². The summed E-state index contributed by atoms with van der Waals surface area (Å²) in [5, 5.41) is 12.8. The van der Waals surface area contributed by atoms with Crippen molar-refractivity contribution in [1.29, 1.82) is 5.26 Å². The average molecular weight is 373 g/mol. The largest absolute Gasteiger partial charge is 0.351 e. The summed E-state index contributed by atoms with van der Waals surface area (Å²) >= 11 is 1.28. The Morgan fingerprint density at radius 2 is 1.81 bits per heavy atom. The van der Waals surface area contributed by atoms with E-state index in [0.29, 0.717) is 17.1 Å². The number of thioether (sulfide) groups is 1. The number of aryl methyl sites for hydroxylation is 1. The van der Waals surface area contributed by atoms with E-state index in [1.54, 1.807) is 6.07 Å². The lowest BCUT2D eigenvalue weighted by Crippen LogP contribution is -2.24. The summed E-state index contributed by atoms with van der Waals surface area (Å²) in [6.45, 7) is 2.52. The van der Waals surface area contributed by atoms with Crippen LogP contribution >= 0.6 is 11.8 Å². The molecule has 5 heteroatoms. The first-order valence-corrected chi connectivity index (χ1v) is 9.56. The zero-order valence-corrected chi connectivity index (χ0v) is 15.8. The zero-order chi connectivity index (χ0) is 19.1. The number of amides is 1. The molecule has 1 aromatic heterocycles. The number of aromatic nitrogens is 1. The van der Waals surface area contributed by atoms with Gasteiger partial charge in [-0.25, -0.2) is 4.98 Å². The van der Waals surface area contributed by atoms with Crippen LogP contribution in [0.3, 0.4) is 0 Å². The Balaban J connectivity index is 1.66. The number of nitrogens with zero attached hydrogens (tertiary/aromatic N) is 2. The summed E-state index contributed by atoms with van der Waals surface area (Å²) < 4.78 is 0. The lowest BCUT2D eigenvalue weighted by molar-refractivity contribution is -0.118. The second kappa shape index (κ2) is 9.02. The third-order valence-electron chi connectivity index (χ3n) is 4.00. The van der Waals surface area contributed by atoms with Crippen LogP contribution in [0.2, 0.25) is 0 Å². The SMILES string of the molecule is Cc1ccc(-c2ccc(C#N)c(SCC(=O)NCc3ccccc3)n2)cc1. The third-order valence-corrected chi connectivity index (χ3v) is 4.99. The fourth-order valence-electron chi connectivity index (χ4n) is 2.50. The van der Waals surface area contributed by atoms with Gasteiger partial charge in [0.25, 0.3) is 0 Å². The van der Waals surface area contributed by atoms with Gasteiger partial charge in [0.15, 0.2) is 0 Å². The molecule has 134 valence electrons. The van der Waals surface area contributed by atoms with Crippen LogP contribution in [-0.4, -0.2) is 16.6 Å². The number of nitriles is 1. The molecule has 0 aliphatic rings. The van der Waals surface area contributed by atoms with Crippen molar-refractivity contribution in [3.8, 4) is 17.3 Å². The van der Waals surface area contributed by atoms with E-state index in [2.05, 4.69) is 16.4 Å². The van der Waals surface area contributed by atoms with E-state index >= 15 is 0 Å². The van der Waals surface area contributed by atoms with E-state index in [1.165, 1.54) is 17.3 Å². The van der Waals surface area contributed by atoms with Crippen molar-refractivity contribution in [1.82, 2.24) is 10.3 Å². The van der Waals surface area contributed by atoms with Crippen LogP contribution in [0, 0.1) is 18.3 Å². The van der Waals surface area contributed by atoms with Gasteiger partial charge >= 0.3 is 0 Å². The number of nitrogens with one attached hydrogen (secondary N) is 1. The molecule has 0 aliphatic carbocycles. The van der Waals surface area contributed by atoms with Crippen molar-refractivity contribution >= 4 is 17.7 Å². The first-order valence-electron chi connectivity index (χ1n) is 8.57. The maximum Gasteiger partial charge on any atom is 0.230 e. The van der Waals surface area contributed by atoms with Crippen molar-refractivity contribution in [2.45, 2.75) is 18.5 Å². The molecule has 0 saturated heterocycles. The molecule has 3 aromatic rings. The smallest absolute Gasteiger partial charge is 0.230 e. The molecular weight excluding hydrogens is 354 g/mol. The number of rotatable bonds is 6. The van der Waals surface area contributed by atoms with Crippen LogP contribution in [0.5, 0.6) is 0 Å². The number of pyridine rings is 1. The van der Waals surface area contributed by atoms with Gasteiger partial charge < -0.3 is 5.32 Å². The van der Waals surface area contributed by atoms with Crippen LogP contribution in [0.15, 0.2) is 71.8 Å². The highest BCUT2D eigenvalue weighted by Crippen LogP contribution is 2.25. The van der Waals surface area contributed by atoms with Crippen molar-refractivity contribution in [2.24, 2.45) is 0 Å². The van der Waals surface area contributed by atoms with Gasteiger partial charge in [-0.05, 0) is 24.6 Å². The predicted octanol–water partition coefficient (Wildman–Crippen LogP) is 4.34. The maximum absolute atomic E-state index is 12.1. The molecule has 0 unspecified atom stereocenters. The fraction of sp³-hybridized carbons (Fsp3) is 0.136. The standard InChI is InChI=1S/C22H19N3OS/c1-16-7-9-18(10-8-16)20-12-11-19(13-23)22(25-20)27-15-21(26)24-14-17-5-3-2-4-6-17/h2-12H,14-15H2,1H3,(H,24,26). The Hall–Kier alpha value is -3.10. The summed E-state index contributed by atoms with van der Waals surface area (Å²) in [6.07, 6.45) is 0. The lowest BCUT2D eigenvalue weighted by atomic mass is 10.1. The number of carbonyl (C=O) groups excluding carboxylic acids is 1. The highest BCUT2D eigenvalue weighted by molar-refractivity contribution is 8.00. The summed E-state index contributed by atoms with van der Waals surface area (Å²) in [4.78, 5) is 16.7. The molecule has 27 heavy (non-hydrogen) atoms. The van der Waals surface area contributed by atoms with Crippen LogP contribution in [0.4, 0.5) is 0 Å². The maximum atomic E-state index is 12.1. The topological polar surface area (TPSA) is 65.8 Å². The lowest BCUT2D eigenvalue weighted by Gasteiger charge is -2.08. The molecule has 4 nitrogen and oxygen atoms in total. The predicted molar refractivity (Wildman–Crippen MR) is 108 cm³/mol. The highest BCUT2D eigenvalue weighted by atomic mass is 32.2. The van der Waals surface area contributed by atoms with Gasteiger partial charge in [-0.3, -0.25) is 4.79 Å². The Morgan fingerprint density at radius 3 is 2.52 bits per heavy atom. The molecule has 0 fully saturated rings. The Bertz CT molecular complexity index is 963. The summed E-state index contributed by atoms with van der Waals surface area (Å²) in [5.74, 6) is 0.126. The molecule has 1 N–H and O–H groups in total. The van der Waals surface area contributed by atoms with Gasteiger partial charge in [-0.2, -0.15) is 5.26 Å². The normalized spacial score (nSPS) is 10.2. The fourth-order valence-corrected chi connectivity index (χ4v) is 3.30. The average Bonchev–Trinajstić information content (AvgIpc) is 2.72. The Labute approximate surface area is 163 Å². The van der Waals surface area contributed by atoms with Gasteiger partial charge in [0.1, 0.15) is 11.1 Å². The van der Waals surface area contributed by atoms with Crippen LogP contribution < -0.4 is 5.32 Å². The van der Waals surface area contributed by atoms with E-state index in [4.69, 9.17) is 0 Å². The van der Waals surface area contributed by atoms with Crippen LogP contribution in [0.1, 0.15) is 16.7 Å². The monoisotopic (exact) mass is 373 g/mol. The summed E-state index contributed by atoms with van der Waals surface area (Å²) in [5.41, 5.74) is 4.48. The quantitative estimate of drug-likeness (QED) is 0.653. The molecule has 0 radical (unpaired) electrons. The molecule has 3 rings (SSSR count). The number of carbonyl (C=O) groups is 1. The minimum atomic E-state index is -0.0877. The van der Waals surface area contributed by atoms with Gasteiger partial charge in [-0.1, -0.05) is 71.9 Å². The number of benzene rings is 2. The molecular formula is C22H19N3OS. The van der Waals surface area contributed by atoms with Gasteiger partial charge in [0, 0.05) is 12.1 Å². The van der Waals surface area contributed by atoms with Crippen molar-refractivity contribution < 1.29 is 4.79 Å². The second-order valence-electron chi connectivity index (χ2n) is 6.08. The third kappa shape index (κ3) is 5.19. The first-order chi connectivity index (χ1) is 13.2. The van der Waals surface area contributed by atoms with E-state index in [-0.39, 0.29) is 11.7 Å². The van der Waals surface area contributed by atoms with E-state index in [9.17, 15) is 10.1 Å². The molecule has 0 bridgehead atoms. The molecule has 0 saturated carbocycles. The Morgan fingerprint density at radius 1 is 1.07 bits per heavy atom. The van der Waals surface area contributed by atoms with E-state index in [0.717, 1.165) is 16.8 Å². The van der Waals surface area contributed by atoms with Gasteiger partial charge in [-0.15, -0.1) is 0 Å². The molecule has 0 spiro atoms. The molecule has 1 amide bonds. The minimum absolute atomic E-state index is 0.0877. The van der Waals surface area contributed by atoms with Crippen LogP contribution in [-0.2, 0) is 11.3 Å². The molecule has 0 aliphatic heterocycles. The number of hydrogen-bond donors (Lipinski definition) is 1. The van der Waals surface area contributed by atoms with Crippen molar-refractivity contribution in [2.75, 3.05) is 5.75 Å².